The Morgan fingerprint density at radius 2 is 1.91 bits per heavy atom. The van der Waals surface area contributed by atoms with Crippen LogP contribution in [0.1, 0.15) is 17.5 Å². The summed E-state index contributed by atoms with van der Waals surface area (Å²) in [4.78, 5) is 23.0. The number of rotatable bonds is 8. The van der Waals surface area contributed by atoms with Gasteiger partial charge in [-0.1, -0.05) is 59.9 Å². The number of carbonyl (C=O) groups excluding carboxylic acids is 1. The summed E-state index contributed by atoms with van der Waals surface area (Å²) in [5.41, 5.74) is 3.00. The van der Waals surface area contributed by atoms with Crippen LogP contribution >= 0.6 is 11.3 Å². The molecule has 1 amide bonds. The minimum Gasteiger partial charge on any atom is -0.494 e. The number of hydrogen-bond donors (Lipinski definition) is 0. The van der Waals surface area contributed by atoms with Gasteiger partial charge in [-0.2, -0.15) is 0 Å². The van der Waals surface area contributed by atoms with Crippen molar-refractivity contribution in [1.82, 2.24) is 9.88 Å². The highest BCUT2D eigenvalue weighted by Crippen LogP contribution is 2.36. The fraction of sp³-hybridized carbons (Fsp3) is 0.357. The minimum atomic E-state index is 0.0685. The number of aromatic nitrogens is 1. The maximum Gasteiger partial charge on any atom is 0.233 e. The fourth-order valence-corrected chi connectivity index (χ4v) is 5.78. The van der Waals surface area contributed by atoms with E-state index in [0.717, 1.165) is 82.3 Å². The van der Waals surface area contributed by atoms with Gasteiger partial charge in [-0.25, -0.2) is 4.98 Å². The summed E-state index contributed by atoms with van der Waals surface area (Å²) in [6.07, 6.45) is 1.22. The molecule has 0 radical (unpaired) electrons. The van der Waals surface area contributed by atoms with Crippen molar-refractivity contribution in [3.8, 4) is 5.75 Å². The van der Waals surface area contributed by atoms with Gasteiger partial charge in [0.05, 0.1) is 31.4 Å². The van der Waals surface area contributed by atoms with Crippen LogP contribution in [0.15, 0.2) is 54.6 Å². The summed E-state index contributed by atoms with van der Waals surface area (Å²) in [5.74, 6) is 0.807. The van der Waals surface area contributed by atoms with Crippen LogP contribution in [-0.4, -0.2) is 62.3 Å². The van der Waals surface area contributed by atoms with Gasteiger partial charge in [0.1, 0.15) is 11.3 Å². The van der Waals surface area contributed by atoms with E-state index in [9.17, 15) is 4.79 Å². The minimum absolute atomic E-state index is 0.0685. The quantitative estimate of drug-likeness (QED) is 0.346. The second-order valence-electron chi connectivity index (χ2n) is 8.93. The van der Waals surface area contributed by atoms with Gasteiger partial charge in [0, 0.05) is 26.2 Å². The number of carbonyl (C=O) groups is 1. The van der Waals surface area contributed by atoms with Crippen molar-refractivity contribution >= 4 is 43.4 Å². The zero-order chi connectivity index (χ0) is 24.2. The van der Waals surface area contributed by atoms with Crippen molar-refractivity contribution in [2.45, 2.75) is 19.8 Å². The van der Waals surface area contributed by atoms with Gasteiger partial charge in [-0.05, 0) is 41.3 Å². The highest BCUT2D eigenvalue weighted by Gasteiger charge is 2.23. The lowest BCUT2D eigenvalue weighted by Gasteiger charge is -2.27. The van der Waals surface area contributed by atoms with Gasteiger partial charge in [0.2, 0.25) is 5.91 Å². The van der Waals surface area contributed by atoms with Crippen molar-refractivity contribution in [1.29, 1.82) is 0 Å². The number of nitrogens with zero attached hydrogens (tertiary/aromatic N) is 3. The molecule has 6 nitrogen and oxygen atoms in total. The molecule has 182 valence electrons. The van der Waals surface area contributed by atoms with E-state index in [1.54, 1.807) is 18.4 Å². The third kappa shape index (κ3) is 5.17. The Labute approximate surface area is 210 Å². The van der Waals surface area contributed by atoms with Gasteiger partial charge >= 0.3 is 0 Å². The monoisotopic (exact) mass is 489 g/mol. The van der Waals surface area contributed by atoms with Crippen LogP contribution in [0.4, 0.5) is 5.13 Å². The number of fused-ring (bicyclic) bond motifs is 2. The second kappa shape index (κ2) is 10.7. The van der Waals surface area contributed by atoms with E-state index >= 15 is 0 Å². The lowest BCUT2D eigenvalue weighted by molar-refractivity contribution is -0.118. The number of methoxy groups -OCH3 is 1. The average molecular weight is 490 g/mol. The summed E-state index contributed by atoms with van der Waals surface area (Å²) in [5, 5.41) is 3.01. The van der Waals surface area contributed by atoms with Crippen LogP contribution in [0, 0.1) is 6.92 Å². The van der Waals surface area contributed by atoms with Crippen molar-refractivity contribution in [2.75, 3.05) is 51.4 Å². The Morgan fingerprint density at radius 3 is 2.74 bits per heavy atom. The van der Waals surface area contributed by atoms with Crippen LogP contribution in [0.5, 0.6) is 5.75 Å². The van der Waals surface area contributed by atoms with E-state index in [2.05, 4.69) is 36.1 Å². The van der Waals surface area contributed by atoms with Gasteiger partial charge in [0.15, 0.2) is 5.13 Å². The van der Waals surface area contributed by atoms with Gasteiger partial charge in [-0.15, -0.1) is 0 Å². The van der Waals surface area contributed by atoms with E-state index < -0.39 is 0 Å². The summed E-state index contributed by atoms with van der Waals surface area (Å²) >= 11 is 1.57. The largest absolute Gasteiger partial charge is 0.494 e. The Kier molecular flexibility index (Phi) is 7.27. The predicted molar refractivity (Wildman–Crippen MR) is 143 cm³/mol. The molecule has 5 rings (SSSR count). The maximum atomic E-state index is 13.8. The lowest BCUT2D eigenvalue weighted by Crippen LogP contribution is -2.39. The molecule has 35 heavy (non-hydrogen) atoms. The van der Waals surface area contributed by atoms with Gasteiger partial charge in [0.25, 0.3) is 0 Å². The van der Waals surface area contributed by atoms with Crippen molar-refractivity contribution in [3.63, 3.8) is 0 Å². The van der Waals surface area contributed by atoms with Crippen molar-refractivity contribution in [3.05, 3.63) is 65.7 Å². The average Bonchev–Trinajstić information content (AvgIpc) is 3.34. The number of ether oxygens (including phenoxy) is 2. The lowest BCUT2D eigenvalue weighted by atomic mass is 10.0. The summed E-state index contributed by atoms with van der Waals surface area (Å²) in [6, 6.07) is 18.4. The standard InChI is InChI=1S/C28H31N3O3S/c1-20-11-12-24(33-2)26-27(20)35-28(29-26)31(14-6-13-30-15-17-34-18-16-30)25(32)19-22-9-5-8-21-7-3-4-10-23(21)22/h3-5,7-12H,6,13-19H2,1-2H3. The molecule has 0 saturated carbocycles. The first kappa shape index (κ1) is 23.7. The SMILES string of the molecule is COc1ccc(C)c2sc(N(CCCN3CCOCC3)C(=O)Cc3cccc4ccccc34)nc12. The van der Waals surface area contributed by atoms with Gasteiger partial charge in [-0.3, -0.25) is 14.6 Å². The molecular weight excluding hydrogens is 458 g/mol. The molecule has 1 aromatic heterocycles. The molecule has 1 fully saturated rings. The first-order chi connectivity index (χ1) is 17.1. The molecule has 1 aliphatic heterocycles. The van der Waals surface area contributed by atoms with Gasteiger partial charge < -0.3 is 9.47 Å². The van der Waals surface area contributed by atoms with Crippen molar-refractivity contribution in [2.24, 2.45) is 0 Å². The zero-order valence-electron chi connectivity index (χ0n) is 20.3. The molecule has 0 aliphatic carbocycles. The maximum absolute atomic E-state index is 13.8. The molecular formula is C28H31N3O3S. The molecule has 4 aromatic rings. The summed E-state index contributed by atoms with van der Waals surface area (Å²) in [6.45, 7) is 7.09. The highest BCUT2D eigenvalue weighted by molar-refractivity contribution is 7.22. The Bertz CT molecular complexity index is 1320. The Balaban J connectivity index is 1.44. The number of amides is 1. The number of hydrogen-bond acceptors (Lipinski definition) is 6. The van der Waals surface area contributed by atoms with Crippen LogP contribution in [0.3, 0.4) is 0 Å². The Hall–Kier alpha value is -3.00. The normalized spacial score (nSPS) is 14.5. The molecule has 2 heterocycles. The highest BCUT2D eigenvalue weighted by atomic mass is 32.1. The zero-order valence-corrected chi connectivity index (χ0v) is 21.1. The summed E-state index contributed by atoms with van der Waals surface area (Å²) < 4.78 is 12.1. The molecule has 0 N–H and O–H groups in total. The second-order valence-corrected chi connectivity index (χ2v) is 9.90. The number of anilines is 1. The van der Waals surface area contributed by atoms with E-state index in [1.165, 1.54) is 0 Å². The van der Waals surface area contributed by atoms with Crippen LogP contribution in [0.2, 0.25) is 0 Å². The summed E-state index contributed by atoms with van der Waals surface area (Å²) in [7, 11) is 1.66. The molecule has 0 bridgehead atoms. The van der Waals surface area contributed by atoms with Crippen LogP contribution < -0.4 is 9.64 Å². The molecule has 0 unspecified atom stereocenters. The smallest absolute Gasteiger partial charge is 0.233 e. The molecule has 3 aromatic carbocycles. The topological polar surface area (TPSA) is 54.9 Å². The first-order valence-electron chi connectivity index (χ1n) is 12.2. The van der Waals surface area contributed by atoms with Crippen LogP contribution in [-0.2, 0) is 16.0 Å². The Morgan fingerprint density at radius 1 is 1.11 bits per heavy atom. The van der Waals surface area contributed by atoms with Crippen molar-refractivity contribution < 1.29 is 14.3 Å². The number of morpholine rings is 1. The van der Waals surface area contributed by atoms with E-state index in [-0.39, 0.29) is 5.91 Å². The van der Waals surface area contributed by atoms with Crippen LogP contribution in [0.25, 0.3) is 21.0 Å². The molecule has 1 aliphatic rings. The third-order valence-electron chi connectivity index (χ3n) is 6.63. The molecule has 7 heteroatoms. The molecule has 0 spiro atoms. The third-order valence-corrected chi connectivity index (χ3v) is 7.84. The predicted octanol–water partition coefficient (Wildman–Crippen LogP) is 5.06. The fourth-order valence-electron chi connectivity index (χ4n) is 4.69. The number of thiazole rings is 1. The first-order valence-corrected chi connectivity index (χ1v) is 13.0. The number of benzene rings is 3. The molecule has 1 saturated heterocycles. The van der Waals surface area contributed by atoms with E-state index in [0.29, 0.717) is 13.0 Å². The number of aryl methyl sites for hydroxylation is 1. The van der Waals surface area contributed by atoms with E-state index in [1.807, 2.05) is 35.2 Å². The molecule has 0 atom stereocenters. The van der Waals surface area contributed by atoms with E-state index in [4.69, 9.17) is 14.5 Å².